The molecule has 1 N–H and O–H groups in total. The molecule has 0 unspecified atom stereocenters. The molecule has 1 aromatic carbocycles. The molecule has 0 aliphatic heterocycles. The molecule has 0 fully saturated rings. The van der Waals surface area contributed by atoms with Gasteiger partial charge in [-0.2, -0.15) is 0 Å². The van der Waals surface area contributed by atoms with Crippen molar-refractivity contribution in [3.05, 3.63) is 67.5 Å². The molecule has 1 aliphatic carbocycles. The topological polar surface area (TPSA) is 63.5 Å². The van der Waals surface area contributed by atoms with Crippen LogP contribution < -0.4 is 10.9 Å². The molecule has 0 saturated heterocycles. The Morgan fingerprint density at radius 1 is 1.28 bits per heavy atom. The first-order chi connectivity index (χ1) is 12.1. The Morgan fingerprint density at radius 2 is 2.08 bits per heavy atom. The molecule has 2 aromatic heterocycles. The fourth-order valence-corrected chi connectivity index (χ4v) is 4.51. The van der Waals surface area contributed by atoms with Gasteiger partial charge in [-0.05, 0) is 37.3 Å². The average Bonchev–Trinajstić information content (AvgIpc) is 3.00. The summed E-state index contributed by atoms with van der Waals surface area (Å²) in [7, 11) is 0. The fourth-order valence-electron chi connectivity index (χ4n) is 3.14. The lowest BCUT2D eigenvalue weighted by Crippen LogP contribution is -2.31. The van der Waals surface area contributed by atoms with Crippen LogP contribution in [0.5, 0.6) is 0 Å². The van der Waals surface area contributed by atoms with Crippen LogP contribution in [-0.4, -0.2) is 15.3 Å². The molecular weight excluding hydrogens is 358 g/mol. The van der Waals surface area contributed by atoms with E-state index >= 15 is 0 Å². The van der Waals surface area contributed by atoms with Crippen LogP contribution in [0.3, 0.4) is 0 Å². The molecule has 25 heavy (non-hydrogen) atoms. The Kier molecular flexibility index (Phi) is 4.31. The second-order valence-electron chi connectivity index (χ2n) is 6.05. The van der Waals surface area contributed by atoms with Gasteiger partial charge in [-0.25, -0.2) is 4.98 Å². The number of fused-ring (bicyclic) bond motifs is 3. The van der Waals surface area contributed by atoms with Crippen LogP contribution in [0.4, 0.5) is 0 Å². The van der Waals surface area contributed by atoms with Crippen LogP contribution in [0.25, 0.3) is 4.96 Å². The Morgan fingerprint density at radius 3 is 2.92 bits per heavy atom. The molecular formula is C18H16ClN3O2S. The van der Waals surface area contributed by atoms with Crippen LogP contribution in [0.2, 0.25) is 5.02 Å². The zero-order chi connectivity index (χ0) is 17.4. The molecule has 5 nitrogen and oxygen atoms in total. The number of halogens is 1. The second-order valence-corrected chi connectivity index (χ2v) is 7.52. The van der Waals surface area contributed by atoms with E-state index in [9.17, 15) is 9.59 Å². The largest absolute Gasteiger partial charge is 0.348 e. The van der Waals surface area contributed by atoms with E-state index in [0.717, 1.165) is 36.9 Å². The highest BCUT2D eigenvalue weighted by atomic mass is 35.5. The number of nitrogens with one attached hydrogen (secondary N) is 1. The first kappa shape index (κ1) is 16.3. The van der Waals surface area contributed by atoms with Gasteiger partial charge >= 0.3 is 0 Å². The lowest BCUT2D eigenvalue weighted by atomic mass is 10.0. The normalized spacial score (nSPS) is 13.6. The van der Waals surface area contributed by atoms with E-state index in [1.54, 1.807) is 21.8 Å². The smallest absolute Gasteiger partial charge is 0.271 e. The first-order valence-corrected chi connectivity index (χ1v) is 9.38. The fraction of sp³-hybridized carbons (Fsp3) is 0.278. The number of nitrogens with zero attached hydrogens (tertiary/aromatic N) is 2. The van der Waals surface area contributed by atoms with Crippen molar-refractivity contribution < 1.29 is 4.79 Å². The zero-order valence-electron chi connectivity index (χ0n) is 13.4. The van der Waals surface area contributed by atoms with E-state index in [4.69, 9.17) is 11.6 Å². The molecule has 0 spiro atoms. The Hall–Kier alpha value is -2.18. The highest BCUT2D eigenvalue weighted by Gasteiger charge is 2.21. The molecule has 7 heteroatoms. The number of hydrogen-bond donors (Lipinski definition) is 1. The zero-order valence-corrected chi connectivity index (χ0v) is 15.0. The highest BCUT2D eigenvalue weighted by Crippen LogP contribution is 2.28. The summed E-state index contributed by atoms with van der Waals surface area (Å²) in [5.74, 6) is -0.428. The van der Waals surface area contributed by atoms with Crippen molar-refractivity contribution in [2.75, 3.05) is 0 Å². The summed E-state index contributed by atoms with van der Waals surface area (Å²) in [4.78, 5) is 31.5. The van der Waals surface area contributed by atoms with Gasteiger partial charge in [0.2, 0.25) is 0 Å². The number of hydrogen-bond acceptors (Lipinski definition) is 4. The first-order valence-electron chi connectivity index (χ1n) is 8.19. The third-order valence-corrected chi connectivity index (χ3v) is 5.97. The predicted molar refractivity (Wildman–Crippen MR) is 98.6 cm³/mol. The summed E-state index contributed by atoms with van der Waals surface area (Å²) >= 11 is 7.65. The molecule has 0 atom stereocenters. The van der Waals surface area contributed by atoms with E-state index in [-0.39, 0.29) is 17.7 Å². The summed E-state index contributed by atoms with van der Waals surface area (Å²) in [6.07, 6.45) is 5.42. The highest BCUT2D eigenvalue weighted by molar-refractivity contribution is 7.17. The van der Waals surface area contributed by atoms with Crippen molar-refractivity contribution in [1.29, 1.82) is 0 Å². The Labute approximate surface area is 153 Å². The number of carbonyl (C=O) groups excluding carboxylic acids is 1. The molecule has 128 valence electrons. The predicted octanol–water partition coefficient (Wildman–Crippen LogP) is 3.22. The minimum atomic E-state index is -0.428. The molecule has 1 aliphatic rings. The maximum absolute atomic E-state index is 12.8. The second kappa shape index (κ2) is 6.61. The van der Waals surface area contributed by atoms with Gasteiger partial charge in [0, 0.05) is 28.3 Å². The van der Waals surface area contributed by atoms with Crippen LogP contribution in [0.1, 0.15) is 39.3 Å². The molecule has 4 rings (SSSR count). The van der Waals surface area contributed by atoms with Gasteiger partial charge in [-0.3, -0.25) is 14.0 Å². The van der Waals surface area contributed by atoms with Crippen LogP contribution in [-0.2, 0) is 19.4 Å². The van der Waals surface area contributed by atoms with Crippen molar-refractivity contribution >= 4 is 33.8 Å². The van der Waals surface area contributed by atoms with Crippen LogP contribution >= 0.6 is 22.9 Å². The standard InChI is InChI=1S/C18H16ClN3O2S/c19-13-6-2-1-5-11(13)9-20-16(23)12-10-21-18-22(17(12)24)14-7-3-4-8-15(14)25-18/h1-2,5-6,10H,3-4,7-9H2,(H,20,23). The minimum Gasteiger partial charge on any atom is -0.348 e. The minimum absolute atomic E-state index is 0.0655. The van der Waals surface area contributed by atoms with Gasteiger partial charge in [0.1, 0.15) is 5.56 Å². The van der Waals surface area contributed by atoms with Crippen molar-refractivity contribution in [2.45, 2.75) is 32.2 Å². The van der Waals surface area contributed by atoms with Crippen molar-refractivity contribution in [3.8, 4) is 0 Å². The quantitative estimate of drug-likeness (QED) is 0.766. The van der Waals surface area contributed by atoms with Gasteiger partial charge in [-0.1, -0.05) is 29.8 Å². The summed E-state index contributed by atoms with van der Waals surface area (Å²) in [5.41, 5.74) is 1.60. The lowest BCUT2D eigenvalue weighted by Gasteiger charge is -2.10. The van der Waals surface area contributed by atoms with Gasteiger partial charge in [-0.15, -0.1) is 11.3 Å². The third-order valence-electron chi connectivity index (χ3n) is 4.44. The molecule has 0 radical (unpaired) electrons. The molecule has 0 bridgehead atoms. The number of aromatic nitrogens is 2. The van der Waals surface area contributed by atoms with Crippen LogP contribution in [0, 0.1) is 0 Å². The summed E-state index contributed by atoms with van der Waals surface area (Å²) in [6.45, 7) is 0.266. The molecule has 2 heterocycles. The van der Waals surface area contributed by atoms with E-state index in [1.807, 2.05) is 18.2 Å². The van der Waals surface area contributed by atoms with Gasteiger partial charge in [0.25, 0.3) is 11.5 Å². The van der Waals surface area contributed by atoms with Crippen molar-refractivity contribution in [1.82, 2.24) is 14.7 Å². The van der Waals surface area contributed by atoms with Crippen molar-refractivity contribution in [3.63, 3.8) is 0 Å². The Balaban J connectivity index is 1.65. The number of carbonyl (C=O) groups is 1. The monoisotopic (exact) mass is 373 g/mol. The van der Waals surface area contributed by atoms with Gasteiger partial charge < -0.3 is 5.32 Å². The molecule has 0 saturated carbocycles. The number of amides is 1. The molecule has 1 amide bonds. The number of rotatable bonds is 3. The number of benzene rings is 1. The molecule has 3 aromatic rings. The van der Waals surface area contributed by atoms with Crippen molar-refractivity contribution in [2.24, 2.45) is 0 Å². The maximum atomic E-state index is 12.8. The Bertz CT molecular complexity index is 1020. The third kappa shape index (κ3) is 2.96. The van der Waals surface area contributed by atoms with E-state index in [1.165, 1.54) is 11.1 Å². The lowest BCUT2D eigenvalue weighted by molar-refractivity contribution is 0.0949. The summed E-state index contributed by atoms with van der Waals surface area (Å²) in [6, 6.07) is 7.29. The van der Waals surface area contributed by atoms with Gasteiger partial charge in [0.15, 0.2) is 4.96 Å². The number of thiazole rings is 1. The van der Waals surface area contributed by atoms with E-state index < -0.39 is 5.91 Å². The van der Waals surface area contributed by atoms with Gasteiger partial charge in [0.05, 0.1) is 0 Å². The summed E-state index contributed by atoms with van der Waals surface area (Å²) in [5, 5.41) is 3.34. The van der Waals surface area contributed by atoms with E-state index in [2.05, 4.69) is 10.3 Å². The average molecular weight is 374 g/mol. The summed E-state index contributed by atoms with van der Waals surface area (Å²) < 4.78 is 1.61. The SMILES string of the molecule is O=C(NCc1ccccc1Cl)c1cnc2sc3c(n2c1=O)CCCC3. The van der Waals surface area contributed by atoms with Crippen LogP contribution in [0.15, 0.2) is 35.3 Å². The van der Waals surface area contributed by atoms with E-state index in [0.29, 0.717) is 9.98 Å². The maximum Gasteiger partial charge on any atom is 0.271 e. The number of aryl methyl sites for hydroxylation is 2.